The maximum Gasteiger partial charge on any atom is 0.0687 e. The van der Waals surface area contributed by atoms with Gasteiger partial charge in [-0.2, -0.15) is 0 Å². The van der Waals surface area contributed by atoms with E-state index in [9.17, 15) is 5.11 Å². The molecule has 0 aliphatic heterocycles. The van der Waals surface area contributed by atoms with Gasteiger partial charge in [0.2, 0.25) is 0 Å². The molecular formula is C12H17Cl2NO. The molecule has 0 amide bonds. The van der Waals surface area contributed by atoms with Crippen LogP contribution in [0.5, 0.6) is 0 Å². The second-order valence-corrected chi connectivity index (χ2v) is 5.09. The van der Waals surface area contributed by atoms with Gasteiger partial charge < -0.3 is 10.4 Å². The second kappa shape index (κ2) is 6.45. The first-order valence-electron chi connectivity index (χ1n) is 5.33. The highest BCUT2D eigenvalue weighted by Gasteiger charge is 2.08. The minimum absolute atomic E-state index is 0.260. The van der Waals surface area contributed by atoms with E-state index in [1.54, 1.807) is 6.07 Å². The molecule has 1 aromatic rings. The minimum atomic E-state index is -0.324. The zero-order valence-corrected chi connectivity index (χ0v) is 11.0. The Kier molecular flexibility index (Phi) is 5.56. The molecular weight excluding hydrogens is 245 g/mol. The lowest BCUT2D eigenvalue weighted by Gasteiger charge is -2.15. The molecule has 4 heteroatoms. The quantitative estimate of drug-likeness (QED) is 0.854. The van der Waals surface area contributed by atoms with Gasteiger partial charge in [0.15, 0.2) is 0 Å². The van der Waals surface area contributed by atoms with Crippen molar-refractivity contribution in [2.45, 2.75) is 26.5 Å². The smallest absolute Gasteiger partial charge is 0.0687 e. The molecule has 0 saturated heterocycles. The maximum atomic E-state index is 9.60. The van der Waals surface area contributed by atoms with E-state index >= 15 is 0 Å². The summed E-state index contributed by atoms with van der Waals surface area (Å²) in [4.78, 5) is 0. The van der Waals surface area contributed by atoms with Crippen LogP contribution in [0, 0.1) is 5.92 Å². The molecule has 0 aliphatic carbocycles. The molecule has 0 saturated carbocycles. The van der Waals surface area contributed by atoms with Crippen LogP contribution < -0.4 is 5.32 Å². The van der Waals surface area contributed by atoms with Crippen LogP contribution in [0.15, 0.2) is 18.2 Å². The first kappa shape index (κ1) is 13.8. The number of halogens is 2. The zero-order chi connectivity index (χ0) is 12.1. The summed E-state index contributed by atoms with van der Waals surface area (Å²) in [6.07, 6.45) is -0.324. The van der Waals surface area contributed by atoms with E-state index in [1.165, 1.54) is 0 Å². The van der Waals surface area contributed by atoms with Gasteiger partial charge in [0, 0.05) is 23.1 Å². The highest BCUT2D eigenvalue weighted by molar-refractivity contribution is 6.34. The van der Waals surface area contributed by atoms with Crippen LogP contribution in [-0.2, 0) is 6.54 Å². The largest absolute Gasteiger partial charge is 0.392 e. The Morgan fingerprint density at radius 1 is 1.19 bits per heavy atom. The van der Waals surface area contributed by atoms with Crippen LogP contribution in [0.1, 0.15) is 19.4 Å². The lowest BCUT2D eigenvalue weighted by atomic mass is 10.1. The van der Waals surface area contributed by atoms with Crippen LogP contribution in [0.4, 0.5) is 0 Å². The number of hydrogen-bond acceptors (Lipinski definition) is 2. The van der Waals surface area contributed by atoms with Crippen molar-refractivity contribution < 1.29 is 5.11 Å². The molecule has 1 atom stereocenters. The number of aliphatic hydroxyl groups is 1. The standard InChI is InChI=1S/C12H17Cl2NO/c1-8(2)12(16)7-15-6-9-3-10(13)5-11(14)4-9/h3-5,8,12,15-16H,6-7H2,1-2H3. The van der Waals surface area contributed by atoms with Gasteiger partial charge >= 0.3 is 0 Å². The van der Waals surface area contributed by atoms with Crippen LogP contribution in [0.2, 0.25) is 10.0 Å². The fourth-order valence-corrected chi connectivity index (χ4v) is 1.88. The van der Waals surface area contributed by atoms with Gasteiger partial charge in [-0.15, -0.1) is 0 Å². The summed E-state index contributed by atoms with van der Waals surface area (Å²) in [6, 6.07) is 5.43. The number of nitrogens with one attached hydrogen (secondary N) is 1. The van der Waals surface area contributed by atoms with E-state index in [4.69, 9.17) is 23.2 Å². The topological polar surface area (TPSA) is 32.3 Å². The molecule has 1 unspecified atom stereocenters. The van der Waals surface area contributed by atoms with Crippen molar-refractivity contribution in [3.8, 4) is 0 Å². The molecule has 0 aliphatic rings. The predicted octanol–water partition coefficient (Wildman–Crippen LogP) is 3.10. The fourth-order valence-electron chi connectivity index (χ4n) is 1.31. The Bertz CT molecular complexity index is 322. The van der Waals surface area contributed by atoms with Gasteiger partial charge in [-0.3, -0.25) is 0 Å². The Balaban J connectivity index is 2.43. The molecule has 0 fully saturated rings. The zero-order valence-electron chi connectivity index (χ0n) is 9.50. The van der Waals surface area contributed by atoms with Gasteiger partial charge in [-0.1, -0.05) is 37.0 Å². The van der Waals surface area contributed by atoms with Crippen LogP contribution in [0.3, 0.4) is 0 Å². The molecule has 2 N–H and O–H groups in total. The van der Waals surface area contributed by atoms with E-state index in [0.29, 0.717) is 23.1 Å². The predicted molar refractivity (Wildman–Crippen MR) is 69.0 cm³/mol. The Morgan fingerprint density at radius 2 is 1.75 bits per heavy atom. The molecule has 0 heterocycles. The lowest BCUT2D eigenvalue weighted by molar-refractivity contribution is 0.123. The first-order chi connectivity index (χ1) is 7.49. The highest BCUT2D eigenvalue weighted by Crippen LogP contribution is 2.18. The van der Waals surface area contributed by atoms with Crippen LogP contribution >= 0.6 is 23.2 Å². The van der Waals surface area contributed by atoms with Crippen LogP contribution in [-0.4, -0.2) is 17.8 Å². The number of hydrogen-bond donors (Lipinski definition) is 2. The van der Waals surface area contributed by atoms with E-state index < -0.39 is 0 Å². The molecule has 0 spiro atoms. The van der Waals surface area contributed by atoms with Gasteiger partial charge in [0.1, 0.15) is 0 Å². The third-order valence-corrected chi connectivity index (χ3v) is 2.81. The fraction of sp³-hybridized carbons (Fsp3) is 0.500. The van der Waals surface area contributed by atoms with Gasteiger partial charge in [-0.25, -0.2) is 0 Å². The van der Waals surface area contributed by atoms with E-state index in [-0.39, 0.29) is 12.0 Å². The first-order valence-corrected chi connectivity index (χ1v) is 6.08. The monoisotopic (exact) mass is 261 g/mol. The summed E-state index contributed by atoms with van der Waals surface area (Å²) in [7, 11) is 0. The average Bonchev–Trinajstić information content (AvgIpc) is 2.15. The molecule has 1 rings (SSSR count). The number of aliphatic hydroxyl groups excluding tert-OH is 1. The maximum absolute atomic E-state index is 9.60. The van der Waals surface area contributed by atoms with Gasteiger partial charge in [-0.05, 0) is 29.7 Å². The Morgan fingerprint density at radius 3 is 2.25 bits per heavy atom. The average molecular weight is 262 g/mol. The summed E-state index contributed by atoms with van der Waals surface area (Å²) in [6.45, 7) is 5.21. The molecule has 0 bridgehead atoms. The molecule has 0 aromatic heterocycles. The Hall–Kier alpha value is -0.280. The molecule has 0 radical (unpaired) electrons. The summed E-state index contributed by atoms with van der Waals surface area (Å²) in [5, 5.41) is 14.0. The van der Waals surface area contributed by atoms with E-state index in [0.717, 1.165) is 5.56 Å². The summed E-state index contributed by atoms with van der Waals surface area (Å²) >= 11 is 11.8. The third kappa shape index (κ3) is 4.71. The van der Waals surface area contributed by atoms with Crippen molar-refractivity contribution in [2.24, 2.45) is 5.92 Å². The summed E-state index contributed by atoms with van der Waals surface area (Å²) < 4.78 is 0. The van der Waals surface area contributed by atoms with Crippen molar-refractivity contribution in [1.29, 1.82) is 0 Å². The number of benzene rings is 1. The van der Waals surface area contributed by atoms with Crippen molar-refractivity contribution in [1.82, 2.24) is 5.32 Å². The molecule has 1 aromatic carbocycles. The highest BCUT2D eigenvalue weighted by atomic mass is 35.5. The second-order valence-electron chi connectivity index (χ2n) is 4.22. The van der Waals surface area contributed by atoms with Crippen molar-refractivity contribution in [2.75, 3.05) is 6.54 Å². The van der Waals surface area contributed by atoms with E-state index in [1.807, 2.05) is 26.0 Å². The Labute approximate surface area is 107 Å². The molecule has 2 nitrogen and oxygen atoms in total. The summed E-state index contributed by atoms with van der Waals surface area (Å²) in [5.74, 6) is 0.260. The molecule has 16 heavy (non-hydrogen) atoms. The lowest BCUT2D eigenvalue weighted by Crippen LogP contribution is -2.30. The normalized spacial score (nSPS) is 13.1. The van der Waals surface area contributed by atoms with Gasteiger partial charge in [0.05, 0.1) is 6.10 Å². The van der Waals surface area contributed by atoms with Crippen molar-refractivity contribution in [3.05, 3.63) is 33.8 Å². The van der Waals surface area contributed by atoms with Gasteiger partial charge in [0.25, 0.3) is 0 Å². The van der Waals surface area contributed by atoms with Crippen LogP contribution in [0.25, 0.3) is 0 Å². The molecule has 90 valence electrons. The van der Waals surface area contributed by atoms with Crippen molar-refractivity contribution in [3.63, 3.8) is 0 Å². The van der Waals surface area contributed by atoms with E-state index in [2.05, 4.69) is 5.32 Å². The van der Waals surface area contributed by atoms with Crippen molar-refractivity contribution >= 4 is 23.2 Å². The minimum Gasteiger partial charge on any atom is -0.392 e. The summed E-state index contributed by atoms with van der Waals surface area (Å²) in [5.41, 5.74) is 1.02. The number of rotatable bonds is 5. The third-order valence-electron chi connectivity index (χ3n) is 2.37. The SMILES string of the molecule is CC(C)C(O)CNCc1cc(Cl)cc(Cl)c1.